The zero-order valence-corrected chi connectivity index (χ0v) is 25.0. The Morgan fingerprint density at radius 3 is 2.32 bits per heavy atom. The fourth-order valence-corrected chi connectivity index (χ4v) is 6.70. The molecule has 0 aliphatic heterocycles. The van der Waals surface area contributed by atoms with Crippen LogP contribution in [0.3, 0.4) is 0 Å². The van der Waals surface area contributed by atoms with E-state index in [2.05, 4.69) is 10.6 Å². The van der Waals surface area contributed by atoms with Crippen LogP contribution in [0.5, 0.6) is 17.2 Å². The van der Waals surface area contributed by atoms with Crippen LogP contribution in [0.25, 0.3) is 5.76 Å². The Bertz CT molecular complexity index is 1800. The predicted octanol–water partition coefficient (Wildman–Crippen LogP) is 0.445. The quantitative estimate of drug-likeness (QED) is 0.138. The first-order valence-corrected chi connectivity index (χ1v) is 14.7. The number of nitrogens with one attached hydrogen (secondary N) is 2. The van der Waals surface area contributed by atoms with E-state index in [0.717, 1.165) is 0 Å². The van der Waals surface area contributed by atoms with Gasteiger partial charge >= 0.3 is 0 Å². The van der Waals surface area contributed by atoms with Gasteiger partial charge in [0.05, 0.1) is 17.4 Å². The molecule has 15 heteroatoms. The predicted molar refractivity (Wildman–Crippen MR) is 162 cm³/mol. The number of amides is 3. The normalized spacial score (nSPS) is 25.1. The van der Waals surface area contributed by atoms with Crippen LogP contribution in [0.1, 0.15) is 48.8 Å². The van der Waals surface area contributed by atoms with Gasteiger partial charge in [0.25, 0.3) is 5.91 Å². The molecule has 5 atom stereocenters. The van der Waals surface area contributed by atoms with E-state index >= 15 is 0 Å². The lowest BCUT2D eigenvalue weighted by Gasteiger charge is -2.50. The second-order valence-corrected chi connectivity index (χ2v) is 11.9. The summed E-state index contributed by atoms with van der Waals surface area (Å²) in [6.45, 7) is 1.77. The molecular formula is C32H33N3O12. The summed E-state index contributed by atoms with van der Waals surface area (Å²) in [7, 11) is 0. The van der Waals surface area contributed by atoms with Crippen LogP contribution in [0.15, 0.2) is 47.2 Å². The lowest BCUT2D eigenvalue weighted by atomic mass is 9.55. The van der Waals surface area contributed by atoms with Gasteiger partial charge < -0.3 is 52.1 Å². The standard InChI is InChI=1S/C32H33N3O12/c1-12-14-3-4-16(35-21(40)7-6-20(39)34-9-8-13-2-5-17(36)18(37)10-13)27(42)23(14)28(43)25-22(12)26(41)15-11-19(38)24(31(33)46)29(44)32(15,47)30(25)45/h2-5,10,12,15,22,26,36-37,41-44,47H,6-9,11H2,1H3,(H2,33,46)(H,34,39)(H,35,40)/t12-,15?,22?,26+,32+/m0/s1. The van der Waals surface area contributed by atoms with E-state index in [1.807, 2.05) is 0 Å². The fourth-order valence-electron chi connectivity index (χ4n) is 6.70. The number of primary amides is 1. The van der Waals surface area contributed by atoms with Crippen molar-refractivity contribution in [3.63, 3.8) is 0 Å². The average Bonchev–Trinajstić information content (AvgIpc) is 3.00. The molecule has 15 nitrogen and oxygen atoms in total. The molecule has 0 spiro atoms. The molecule has 47 heavy (non-hydrogen) atoms. The number of Topliss-reactive ketones (excluding diaryl/α,β-unsaturated/α-hetero) is 2. The van der Waals surface area contributed by atoms with Gasteiger partial charge in [-0.3, -0.25) is 24.0 Å². The van der Waals surface area contributed by atoms with E-state index in [0.29, 0.717) is 12.0 Å². The summed E-state index contributed by atoms with van der Waals surface area (Å²) in [6.07, 6.45) is -2.51. The molecule has 1 saturated carbocycles. The molecule has 2 aromatic rings. The van der Waals surface area contributed by atoms with Gasteiger partial charge in [-0.2, -0.15) is 0 Å². The molecule has 248 valence electrons. The number of rotatable bonds is 8. The number of fused-ring (bicyclic) bond motifs is 3. The molecule has 3 aliphatic rings. The van der Waals surface area contributed by atoms with Crippen LogP contribution in [-0.2, 0) is 30.4 Å². The molecule has 5 rings (SSSR count). The number of benzene rings is 2. The Kier molecular flexibility index (Phi) is 8.47. The second-order valence-electron chi connectivity index (χ2n) is 11.9. The average molecular weight is 652 g/mol. The van der Waals surface area contributed by atoms with Crippen molar-refractivity contribution in [2.24, 2.45) is 17.6 Å². The number of aliphatic hydroxyl groups is 4. The number of aromatic hydroxyl groups is 3. The van der Waals surface area contributed by atoms with Crippen molar-refractivity contribution in [3.05, 3.63) is 63.9 Å². The highest BCUT2D eigenvalue weighted by Gasteiger charge is 2.64. The van der Waals surface area contributed by atoms with Gasteiger partial charge in [-0.05, 0) is 41.7 Å². The molecule has 0 bridgehead atoms. The number of phenolic OH excluding ortho intramolecular Hbond substituents is 3. The molecule has 11 N–H and O–H groups in total. The van der Waals surface area contributed by atoms with Crippen molar-refractivity contribution >= 4 is 40.7 Å². The maximum Gasteiger partial charge on any atom is 0.255 e. The van der Waals surface area contributed by atoms with Crippen molar-refractivity contribution in [1.29, 1.82) is 0 Å². The van der Waals surface area contributed by atoms with E-state index in [-0.39, 0.29) is 47.7 Å². The minimum Gasteiger partial charge on any atom is -0.508 e. The Morgan fingerprint density at radius 2 is 1.66 bits per heavy atom. The molecule has 1 fully saturated rings. The maximum atomic E-state index is 13.8. The third kappa shape index (κ3) is 5.42. The van der Waals surface area contributed by atoms with Crippen molar-refractivity contribution in [3.8, 4) is 17.2 Å². The Morgan fingerprint density at radius 1 is 0.979 bits per heavy atom. The van der Waals surface area contributed by atoms with Gasteiger partial charge in [0.15, 0.2) is 22.9 Å². The number of hydrogen-bond donors (Lipinski definition) is 10. The van der Waals surface area contributed by atoms with Crippen molar-refractivity contribution < 1.29 is 59.7 Å². The van der Waals surface area contributed by atoms with Crippen molar-refractivity contribution in [2.45, 2.75) is 50.2 Å². The van der Waals surface area contributed by atoms with E-state index in [1.165, 1.54) is 24.3 Å². The first-order chi connectivity index (χ1) is 22.1. The van der Waals surface area contributed by atoms with E-state index in [1.54, 1.807) is 13.0 Å². The minimum atomic E-state index is -2.97. The number of phenols is 3. The number of anilines is 1. The highest BCUT2D eigenvalue weighted by molar-refractivity contribution is 6.23. The van der Waals surface area contributed by atoms with Gasteiger partial charge in [0, 0.05) is 43.2 Å². The van der Waals surface area contributed by atoms with Crippen molar-refractivity contribution in [2.75, 3.05) is 11.9 Å². The molecule has 2 unspecified atom stereocenters. The summed E-state index contributed by atoms with van der Waals surface area (Å²) in [5.41, 5.74) is 1.14. The summed E-state index contributed by atoms with van der Waals surface area (Å²) in [4.78, 5) is 63.1. The number of hydrogen-bond acceptors (Lipinski definition) is 12. The van der Waals surface area contributed by atoms with Gasteiger partial charge in [-0.15, -0.1) is 0 Å². The largest absolute Gasteiger partial charge is 0.508 e. The van der Waals surface area contributed by atoms with E-state index in [9.17, 15) is 59.7 Å². The topological polar surface area (TPSA) is 277 Å². The number of carbonyl (C=O) groups excluding carboxylic acids is 5. The molecule has 2 aromatic carbocycles. The van der Waals surface area contributed by atoms with E-state index in [4.69, 9.17) is 5.73 Å². The molecule has 3 amide bonds. The fraction of sp³-hybridized carbons (Fsp3) is 0.344. The highest BCUT2D eigenvalue weighted by Crippen LogP contribution is 2.56. The summed E-state index contributed by atoms with van der Waals surface area (Å²) in [5, 5.41) is 79.9. The Labute approximate surface area is 266 Å². The Balaban J connectivity index is 1.34. The summed E-state index contributed by atoms with van der Waals surface area (Å²) < 4.78 is 0. The first kappa shape index (κ1) is 33.0. The van der Waals surface area contributed by atoms with Gasteiger partial charge in [-0.1, -0.05) is 19.1 Å². The number of ketones is 2. The monoisotopic (exact) mass is 651 g/mol. The molecule has 3 aliphatic carbocycles. The minimum absolute atomic E-state index is 0.179. The summed E-state index contributed by atoms with van der Waals surface area (Å²) in [6, 6.07) is 7.04. The first-order valence-electron chi connectivity index (χ1n) is 14.7. The number of carbonyl (C=O) groups is 5. The zero-order chi connectivity index (χ0) is 34.5. The van der Waals surface area contributed by atoms with Crippen LogP contribution in [0.4, 0.5) is 5.69 Å². The molecular weight excluding hydrogens is 618 g/mol. The third-order valence-electron chi connectivity index (χ3n) is 9.13. The Hall–Kier alpha value is -5.41. The smallest absolute Gasteiger partial charge is 0.255 e. The lowest BCUT2D eigenvalue weighted by Crippen LogP contribution is -2.63. The molecule has 0 aromatic heterocycles. The van der Waals surface area contributed by atoms with Crippen LogP contribution in [0.2, 0.25) is 0 Å². The van der Waals surface area contributed by atoms with Gasteiger partial charge in [0.2, 0.25) is 17.6 Å². The van der Waals surface area contributed by atoms with E-state index < -0.39 is 93.6 Å². The summed E-state index contributed by atoms with van der Waals surface area (Å²) >= 11 is 0. The lowest BCUT2D eigenvalue weighted by molar-refractivity contribution is -0.160. The van der Waals surface area contributed by atoms with Crippen LogP contribution in [-0.4, -0.2) is 83.3 Å². The second kappa shape index (κ2) is 12.1. The molecule has 0 heterocycles. The zero-order valence-electron chi connectivity index (χ0n) is 25.0. The third-order valence-corrected chi connectivity index (χ3v) is 9.13. The van der Waals surface area contributed by atoms with Gasteiger partial charge in [-0.25, -0.2) is 0 Å². The van der Waals surface area contributed by atoms with Crippen LogP contribution in [0, 0.1) is 11.8 Å². The number of aliphatic hydroxyl groups excluding tert-OH is 3. The number of nitrogens with two attached hydrogens (primary N) is 1. The maximum absolute atomic E-state index is 13.8. The SMILES string of the molecule is C[C@H]1c2ccc(NC(=O)CCC(=O)NCCc3ccc(O)c(O)c3)c(O)c2C(O)=C2C(=O)[C@]3(O)C(O)=C(C(N)=O)C(=O)CC3[C@@H](O)C21. The van der Waals surface area contributed by atoms with Crippen LogP contribution >= 0.6 is 0 Å². The molecule has 0 radical (unpaired) electrons. The van der Waals surface area contributed by atoms with Crippen molar-refractivity contribution in [1.82, 2.24) is 5.32 Å². The summed E-state index contributed by atoms with van der Waals surface area (Å²) in [5.74, 6) is -11.7. The van der Waals surface area contributed by atoms with Gasteiger partial charge in [0.1, 0.15) is 22.8 Å². The highest BCUT2D eigenvalue weighted by atomic mass is 16.4. The van der Waals surface area contributed by atoms with Crippen LogP contribution < -0.4 is 16.4 Å². The molecule has 0 saturated heterocycles.